The van der Waals surface area contributed by atoms with E-state index in [0.717, 1.165) is 17.7 Å². The summed E-state index contributed by atoms with van der Waals surface area (Å²) in [7, 11) is 0. The number of hydrogen-bond acceptors (Lipinski definition) is 2. The Hall–Kier alpha value is -1.54. The second-order valence-corrected chi connectivity index (χ2v) is 3.24. The van der Waals surface area contributed by atoms with E-state index in [2.05, 4.69) is 12.1 Å². The van der Waals surface area contributed by atoms with Crippen molar-refractivity contribution < 1.29 is 4.42 Å². The van der Waals surface area contributed by atoms with Crippen molar-refractivity contribution in [1.82, 2.24) is 0 Å². The number of furan rings is 1. The van der Waals surface area contributed by atoms with Crippen LogP contribution in [-0.4, -0.2) is 0 Å². The Morgan fingerprint density at radius 2 is 1.86 bits per heavy atom. The molecular formula is C12H13NO. The van der Waals surface area contributed by atoms with E-state index in [1.165, 1.54) is 5.56 Å². The molecule has 0 saturated carbocycles. The monoisotopic (exact) mass is 187 g/mol. The fraction of sp³-hybridized carbons (Fsp3) is 0.167. The van der Waals surface area contributed by atoms with Gasteiger partial charge in [-0.05, 0) is 11.6 Å². The molecule has 14 heavy (non-hydrogen) atoms. The summed E-state index contributed by atoms with van der Waals surface area (Å²) in [5.41, 5.74) is 7.93. The van der Waals surface area contributed by atoms with Gasteiger partial charge in [0.05, 0.1) is 6.26 Å². The lowest BCUT2D eigenvalue weighted by atomic mass is 10.1. The third-order valence-electron chi connectivity index (χ3n) is 2.27. The lowest BCUT2D eigenvalue weighted by Crippen LogP contribution is -1.98. The van der Waals surface area contributed by atoms with E-state index in [4.69, 9.17) is 10.2 Å². The molecule has 0 aliphatic carbocycles. The smallest absolute Gasteiger partial charge is 0.112 e. The van der Waals surface area contributed by atoms with E-state index < -0.39 is 0 Å². The summed E-state index contributed by atoms with van der Waals surface area (Å²) in [6, 6.07) is 12.2. The van der Waals surface area contributed by atoms with Crippen LogP contribution in [0.2, 0.25) is 0 Å². The number of benzene rings is 1. The van der Waals surface area contributed by atoms with Gasteiger partial charge >= 0.3 is 0 Å². The predicted molar refractivity (Wildman–Crippen MR) is 55.8 cm³/mol. The zero-order chi connectivity index (χ0) is 9.80. The SMILES string of the molecule is NCc1ccoc1Cc1ccccc1. The Kier molecular flexibility index (Phi) is 2.65. The first-order valence-corrected chi connectivity index (χ1v) is 4.69. The summed E-state index contributed by atoms with van der Waals surface area (Å²) < 4.78 is 5.38. The number of hydrogen-bond donors (Lipinski definition) is 1. The molecule has 0 fully saturated rings. The lowest BCUT2D eigenvalue weighted by Gasteiger charge is -2.00. The normalized spacial score (nSPS) is 10.4. The van der Waals surface area contributed by atoms with Crippen molar-refractivity contribution in [3.05, 3.63) is 59.5 Å². The van der Waals surface area contributed by atoms with Gasteiger partial charge < -0.3 is 10.2 Å². The Morgan fingerprint density at radius 1 is 1.07 bits per heavy atom. The Morgan fingerprint density at radius 3 is 2.57 bits per heavy atom. The van der Waals surface area contributed by atoms with E-state index >= 15 is 0 Å². The zero-order valence-electron chi connectivity index (χ0n) is 7.94. The maximum Gasteiger partial charge on any atom is 0.112 e. The molecule has 0 saturated heterocycles. The van der Waals surface area contributed by atoms with Crippen LogP contribution in [0.4, 0.5) is 0 Å². The molecule has 0 spiro atoms. The van der Waals surface area contributed by atoms with Crippen molar-refractivity contribution in [3.8, 4) is 0 Å². The topological polar surface area (TPSA) is 39.2 Å². The van der Waals surface area contributed by atoms with E-state index in [9.17, 15) is 0 Å². The molecule has 0 aliphatic rings. The van der Waals surface area contributed by atoms with Crippen LogP contribution in [0.1, 0.15) is 16.9 Å². The van der Waals surface area contributed by atoms with Crippen molar-refractivity contribution in [3.63, 3.8) is 0 Å². The van der Waals surface area contributed by atoms with Crippen LogP contribution in [0, 0.1) is 0 Å². The van der Waals surface area contributed by atoms with E-state index in [0.29, 0.717) is 6.54 Å². The van der Waals surface area contributed by atoms with Gasteiger partial charge in [0.15, 0.2) is 0 Å². The maximum atomic E-state index is 5.59. The molecule has 0 amide bonds. The largest absolute Gasteiger partial charge is 0.469 e. The molecule has 1 heterocycles. The highest BCUT2D eigenvalue weighted by Gasteiger charge is 2.04. The summed E-state index contributed by atoms with van der Waals surface area (Å²) in [6.45, 7) is 0.540. The van der Waals surface area contributed by atoms with E-state index in [1.54, 1.807) is 6.26 Å². The first kappa shape index (κ1) is 9.03. The molecular weight excluding hydrogens is 174 g/mol. The second-order valence-electron chi connectivity index (χ2n) is 3.24. The summed E-state index contributed by atoms with van der Waals surface area (Å²) in [5.74, 6) is 0.971. The van der Waals surface area contributed by atoms with Gasteiger partial charge in [0.1, 0.15) is 5.76 Å². The van der Waals surface area contributed by atoms with Crippen molar-refractivity contribution in [2.75, 3.05) is 0 Å². The van der Waals surface area contributed by atoms with Crippen LogP contribution in [0.3, 0.4) is 0 Å². The fourth-order valence-electron chi connectivity index (χ4n) is 1.49. The highest BCUT2D eigenvalue weighted by atomic mass is 16.3. The van der Waals surface area contributed by atoms with Gasteiger partial charge in [0.2, 0.25) is 0 Å². The number of rotatable bonds is 3. The van der Waals surface area contributed by atoms with Crippen LogP contribution in [0.15, 0.2) is 47.1 Å². The molecule has 1 aromatic carbocycles. The quantitative estimate of drug-likeness (QED) is 0.801. The molecule has 0 radical (unpaired) electrons. The average Bonchev–Trinajstić information content (AvgIpc) is 2.67. The molecule has 0 aliphatic heterocycles. The molecule has 2 nitrogen and oxygen atoms in total. The highest BCUT2D eigenvalue weighted by Crippen LogP contribution is 2.14. The van der Waals surface area contributed by atoms with Gasteiger partial charge in [-0.2, -0.15) is 0 Å². The van der Waals surface area contributed by atoms with Crippen molar-refractivity contribution in [2.24, 2.45) is 5.73 Å². The lowest BCUT2D eigenvalue weighted by molar-refractivity contribution is 0.516. The molecule has 2 rings (SSSR count). The van der Waals surface area contributed by atoms with Gasteiger partial charge in [-0.1, -0.05) is 30.3 Å². The third kappa shape index (κ3) is 1.86. The fourth-order valence-corrected chi connectivity index (χ4v) is 1.49. The molecule has 72 valence electrons. The van der Waals surface area contributed by atoms with Gasteiger partial charge in [-0.15, -0.1) is 0 Å². The van der Waals surface area contributed by atoms with E-state index in [-0.39, 0.29) is 0 Å². The van der Waals surface area contributed by atoms with Crippen molar-refractivity contribution in [2.45, 2.75) is 13.0 Å². The van der Waals surface area contributed by atoms with Crippen LogP contribution in [-0.2, 0) is 13.0 Å². The van der Waals surface area contributed by atoms with Crippen molar-refractivity contribution in [1.29, 1.82) is 0 Å². The summed E-state index contributed by atoms with van der Waals surface area (Å²) in [4.78, 5) is 0. The summed E-state index contributed by atoms with van der Waals surface area (Å²) >= 11 is 0. The standard InChI is InChI=1S/C12H13NO/c13-9-11-6-7-14-12(11)8-10-4-2-1-3-5-10/h1-7H,8-9,13H2. The third-order valence-corrected chi connectivity index (χ3v) is 2.27. The number of nitrogens with two attached hydrogens (primary N) is 1. The average molecular weight is 187 g/mol. The van der Waals surface area contributed by atoms with Gasteiger partial charge in [0.25, 0.3) is 0 Å². The first-order chi connectivity index (χ1) is 6.90. The summed E-state index contributed by atoms with van der Waals surface area (Å²) in [5, 5.41) is 0. The second kappa shape index (κ2) is 4.11. The molecule has 2 heteroatoms. The molecule has 0 bridgehead atoms. The molecule has 0 atom stereocenters. The molecule has 1 aromatic heterocycles. The predicted octanol–water partition coefficient (Wildman–Crippen LogP) is 2.33. The van der Waals surface area contributed by atoms with Crippen LogP contribution in [0.25, 0.3) is 0 Å². The Bertz CT molecular complexity index is 392. The molecule has 0 unspecified atom stereocenters. The minimum absolute atomic E-state index is 0.540. The minimum atomic E-state index is 0.540. The van der Waals surface area contributed by atoms with Crippen LogP contribution in [0.5, 0.6) is 0 Å². The zero-order valence-corrected chi connectivity index (χ0v) is 7.94. The maximum absolute atomic E-state index is 5.59. The van der Waals surface area contributed by atoms with Crippen LogP contribution >= 0.6 is 0 Å². The van der Waals surface area contributed by atoms with Gasteiger partial charge in [-0.3, -0.25) is 0 Å². The molecule has 2 N–H and O–H groups in total. The Labute approximate surface area is 83.4 Å². The molecule has 2 aromatic rings. The van der Waals surface area contributed by atoms with E-state index in [1.807, 2.05) is 24.3 Å². The highest BCUT2D eigenvalue weighted by molar-refractivity contribution is 5.25. The van der Waals surface area contributed by atoms with Gasteiger partial charge in [0, 0.05) is 18.5 Å². The van der Waals surface area contributed by atoms with Gasteiger partial charge in [-0.25, -0.2) is 0 Å². The summed E-state index contributed by atoms with van der Waals surface area (Å²) in [6.07, 6.45) is 2.51. The minimum Gasteiger partial charge on any atom is -0.469 e. The van der Waals surface area contributed by atoms with Crippen molar-refractivity contribution >= 4 is 0 Å². The first-order valence-electron chi connectivity index (χ1n) is 4.69. The Balaban J connectivity index is 2.19. The van der Waals surface area contributed by atoms with Crippen LogP contribution < -0.4 is 5.73 Å².